The van der Waals surface area contributed by atoms with Gasteiger partial charge in [0.2, 0.25) is 0 Å². The number of nitrogens with two attached hydrogens (primary N) is 1. The summed E-state index contributed by atoms with van der Waals surface area (Å²) < 4.78 is 43.9. The van der Waals surface area contributed by atoms with E-state index >= 15 is 0 Å². The number of alkyl halides is 3. The van der Waals surface area contributed by atoms with Gasteiger partial charge in [-0.15, -0.1) is 0 Å². The van der Waals surface area contributed by atoms with E-state index in [0.717, 1.165) is 12.1 Å². The van der Waals surface area contributed by atoms with Crippen molar-refractivity contribution in [3.63, 3.8) is 0 Å². The van der Waals surface area contributed by atoms with Crippen LogP contribution in [0.15, 0.2) is 46.9 Å². The summed E-state index contributed by atoms with van der Waals surface area (Å²) in [6.07, 6.45) is -4.44. The minimum atomic E-state index is -4.44. The topological polar surface area (TPSA) is 59.1 Å². The Labute approximate surface area is 127 Å². The Kier molecular flexibility index (Phi) is 4.22. The third-order valence-electron chi connectivity index (χ3n) is 2.63. The van der Waals surface area contributed by atoms with Gasteiger partial charge in [0.15, 0.2) is 0 Å². The monoisotopic (exact) mass is 358 g/mol. The summed E-state index contributed by atoms with van der Waals surface area (Å²) in [4.78, 5) is 0. The zero-order valence-corrected chi connectivity index (χ0v) is 12.1. The van der Waals surface area contributed by atoms with Gasteiger partial charge in [-0.05, 0) is 46.3 Å². The number of halogens is 4. The van der Waals surface area contributed by atoms with Gasteiger partial charge in [-0.3, -0.25) is 5.41 Å². The van der Waals surface area contributed by atoms with Gasteiger partial charge in [0, 0.05) is 4.47 Å². The second-order valence-corrected chi connectivity index (χ2v) is 5.01. The molecule has 0 heterocycles. The average Bonchev–Trinajstić information content (AvgIpc) is 2.37. The van der Waals surface area contributed by atoms with Crippen LogP contribution in [0.5, 0.6) is 11.5 Å². The molecular formula is C14H10BrF3N2O. The molecule has 2 aromatic carbocycles. The number of rotatable bonds is 3. The number of hydrogen-bond donors (Lipinski definition) is 2. The Morgan fingerprint density at radius 3 is 2.43 bits per heavy atom. The molecule has 0 saturated heterocycles. The van der Waals surface area contributed by atoms with Crippen molar-refractivity contribution in [2.24, 2.45) is 5.73 Å². The fraction of sp³-hybridized carbons (Fsp3) is 0.0714. The van der Waals surface area contributed by atoms with Crippen molar-refractivity contribution < 1.29 is 17.9 Å². The highest BCUT2D eigenvalue weighted by Crippen LogP contribution is 2.34. The molecule has 0 unspecified atom stereocenters. The van der Waals surface area contributed by atoms with E-state index in [2.05, 4.69) is 15.9 Å². The molecule has 0 spiro atoms. The first-order chi connectivity index (χ1) is 9.79. The zero-order valence-electron chi connectivity index (χ0n) is 10.5. The van der Waals surface area contributed by atoms with Crippen molar-refractivity contribution in [1.29, 1.82) is 5.41 Å². The lowest BCUT2D eigenvalue weighted by atomic mass is 10.1. The van der Waals surface area contributed by atoms with E-state index in [0.29, 0.717) is 4.47 Å². The van der Waals surface area contributed by atoms with E-state index in [4.69, 9.17) is 15.9 Å². The van der Waals surface area contributed by atoms with Crippen molar-refractivity contribution in [3.05, 3.63) is 58.1 Å². The van der Waals surface area contributed by atoms with E-state index in [1.807, 2.05) is 0 Å². The van der Waals surface area contributed by atoms with Crippen molar-refractivity contribution in [2.45, 2.75) is 6.18 Å². The number of amidine groups is 1. The van der Waals surface area contributed by atoms with Crippen molar-refractivity contribution in [2.75, 3.05) is 0 Å². The van der Waals surface area contributed by atoms with Gasteiger partial charge in [0.25, 0.3) is 0 Å². The van der Waals surface area contributed by atoms with Crippen molar-refractivity contribution in [3.8, 4) is 11.5 Å². The maximum absolute atomic E-state index is 12.7. The Morgan fingerprint density at radius 1 is 1.14 bits per heavy atom. The van der Waals surface area contributed by atoms with E-state index < -0.39 is 11.7 Å². The highest BCUT2D eigenvalue weighted by Gasteiger charge is 2.30. The second-order valence-electron chi connectivity index (χ2n) is 4.15. The molecule has 0 fully saturated rings. The molecule has 2 rings (SSSR count). The Balaban J connectivity index is 2.40. The number of ether oxygens (including phenoxy) is 1. The molecule has 110 valence electrons. The maximum atomic E-state index is 12.7. The summed E-state index contributed by atoms with van der Waals surface area (Å²) in [5.41, 5.74) is 4.94. The third kappa shape index (κ3) is 3.55. The largest absolute Gasteiger partial charge is 0.457 e. The van der Waals surface area contributed by atoms with Gasteiger partial charge in [-0.2, -0.15) is 13.2 Å². The molecule has 0 atom stereocenters. The van der Waals surface area contributed by atoms with Crippen LogP contribution in [0, 0.1) is 5.41 Å². The van der Waals surface area contributed by atoms with Crippen LogP contribution in [-0.2, 0) is 6.18 Å². The van der Waals surface area contributed by atoms with Gasteiger partial charge < -0.3 is 10.5 Å². The van der Waals surface area contributed by atoms with Crippen LogP contribution in [0.4, 0.5) is 13.2 Å². The van der Waals surface area contributed by atoms with E-state index in [9.17, 15) is 13.2 Å². The lowest BCUT2D eigenvalue weighted by molar-refractivity contribution is -0.137. The van der Waals surface area contributed by atoms with Crippen LogP contribution in [0.25, 0.3) is 0 Å². The van der Waals surface area contributed by atoms with Crippen molar-refractivity contribution >= 4 is 21.8 Å². The van der Waals surface area contributed by atoms with Gasteiger partial charge in [0.1, 0.15) is 17.3 Å². The predicted molar refractivity (Wildman–Crippen MR) is 76.7 cm³/mol. The maximum Gasteiger partial charge on any atom is 0.416 e. The van der Waals surface area contributed by atoms with Crippen LogP contribution < -0.4 is 10.5 Å². The molecule has 0 bridgehead atoms. The summed E-state index contributed by atoms with van der Waals surface area (Å²) in [6, 6.07) is 9.34. The molecule has 0 aliphatic heterocycles. The molecular weight excluding hydrogens is 349 g/mol. The molecule has 3 N–H and O–H groups in total. The first-order valence-electron chi connectivity index (χ1n) is 5.77. The lowest BCUT2D eigenvalue weighted by Crippen LogP contribution is -2.13. The zero-order chi connectivity index (χ0) is 15.6. The standard InChI is InChI=1S/C14H10BrF3N2O/c15-10-5-2-6-11(12(10)13(19)20)21-9-4-1-3-8(7-9)14(16,17)18/h1-7H,(H3,19,20). The summed E-state index contributed by atoms with van der Waals surface area (Å²) in [5.74, 6) is -0.0222. The van der Waals surface area contributed by atoms with Crippen LogP contribution >= 0.6 is 15.9 Å². The van der Waals surface area contributed by atoms with Crippen LogP contribution in [0.3, 0.4) is 0 Å². The van der Waals surface area contributed by atoms with E-state index in [-0.39, 0.29) is 22.9 Å². The fourth-order valence-corrected chi connectivity index (χ4v) is 2.28. The average molecular weight is 359 g/mol. The minimum Gasteiger partial charge on any atom is -0.457 e. The number of nitrogen functional groups attached to an aromatic ring is 1. The lowest BCUT2D eigenvalue weighted by Gasteiger charge is -2.13. The quantitative estimate of drug-likeness (QED) is 0.624. The fourth-order valence-electron chi connectivity index (χ4n) is 1.71. The molecule has 0 aromatic heterocycles. The molecule has 3 nitrogen and oxygen atoms in total. The van der Waals surface area contributed by atoms with Gasteiger partial charge in [-0.25, -0.2) is 0 Å². The van der Waals surface area contributed by atoms with Crippen LogP contribution in [0.1, 0.15) is 11.1 Å². The molecule has 0 saturated carbocycles. The van der Waals surface area contributed by atoms with E-state index in [1.54, 1.807) is 12.1 Å². The molecule has 0 aliphatic rings. The highest BCUT2D eigenvalue weighted by atomic mass is 79.9. The number of nitrogens with one attached hydrogen (secondary N) is 1. The van der Waals surface area contributed by atoms with Gasteiger partial charge in [0.05, 0.1) is 11.1 Å². The first kappa shape index (κ1) is 15.4. The third-order valence-corrected chi connectivity index (χ3v) is 3.29. The molecule has 21 heavy (non-hydrogen) atoms. The molecule has 0 radical (unpaired) electrons. The number of hydrogen-bond acceptors (Lipinski definition) is 2. The predicted octanol–water partition coefficient (Wildman–Crippen LogP) is 4.54. The van der Waals surface area contributed by atoms with Gasteiger partial charge in [-0.1, -0.05) is 12.1 Å². The van der Waals surface area contributed by atoms with E-state index in [1.165, 1.54) is 18.2 Å². The summed E-state index contributed by atoms with van der Waals surface area (Å²) in [6.45, 7) is 0. The SMILES string of the molecule is N=C(N)c1c(Br)cccc1Oc1cccc(C(F)(F)F)c1. The Hall–Kier alpha value is -2.02. The number of benzene rings is 2. The van der Waals surface area contributed by atoms with Crippen LogP contribution in [0.2, 0.25) is 0 Å². The smallest absolute Gasteiger partial charge is 0.416 e. The minimum absolute atomic E-state index is 0.0189. The highest BCUT2D eigenvalue weighted by molar-refractivity contribution is 9.10. The second kappa shape index (κ2) is 5.77. The summed E-state index contributed by atoms with van der Waals surface area (Å²) in [7, 11) is 0. The normalized spacial score (nSPS) is 11.2. The molecule has 2 aromatic rings. The Bertz CT molecular complexity index is 686. The first-order valence-corrected chi connectivity index (χ1v) is 6.56. The summed E-state index contributed by atoms with van der Waals surface area (Å²) in [5, 5.41) is 7.51. The Morgan fingerprint density at radius 2 is 1.81 bits per heavy atom. The van der Waals surface area contributed by atoms with Crippen LogP contribution in [-0.4, -0.2) is 5.84 Å². The molecule has 7 heteroatoms. The molecule has 0 amide bonds. The molecule has 0 aliphatic carbocycles. The summed E-state index contributed by atoms with van der Waals surface area (Å²) >= 11 is 3.23. The van der Waals surface area contributed by atoms with Crippen molar-refractivity contribution in [1.82, 2.24) is 0 Å². The van der Waals surface area contributed by atoms with Gasteiger partial charge >= 0.3 is 6.18 Å².